The number of aromatic nitrogens is 1. The number of hydrogen-bond donors (Lipinski definition) is 1. The Hall–Kier alpha value is -3.80. The van der Waals surface area contributed by atoms with Crippen LogP contribution in [-0.4, -0.2) is 24.2 Å². The number of nitrogens with one attached hydrogen (secondary N) is 1. The van der Waals surface area contributed by atoms with Crippen LogP contribution in [0, 0.1) is 12.7 Å². The minimum absolute atomic E-state index is 0.224. The Labute approximate surface area is 195 Å². The number of ether oxygens (including phenoxy) is 1. The molecule has 0 aliphatic heterocycles. The topological polar surface area (TPSA) is 63.6 Å². The summed E-state index contributed by atoms with van der Waals surface area (Å²) in [5, 5.41) is 2.86. The van der Waals surface area contributed by atoms with Gasteiger partial charge in [0.25, 0.3) is 5.91 Å². The number of aliphatic imine (C=N–C) groups is 1. The van der Waals surface area contributed by atoms with E-state index < -0.39 is 0 Å². The largest absolute Gasteiger partial charge is 0.457 e. The molecule has 3 rings (SSSR count). The molecular weight excluding hydrogens is 417 g/mol. The fourth-order valence-electron chi connectivity index (χ4n) is 3.04. The zero-order chi connectivity index (χ0) is 24.2. The highest BCUT2D eigenvalue weighted by Crippen LogP contribution is 2.28. The van der Waals surface area contributed by atoms with Crippen LogP contribution in [0.2, 0.25) is 0 Å². The molecule has 2 aromatic carbocycles. The number of benzene rings is 2. The van der Waals surface area contributed by atoms with E-state index in [0.29, 0.717) is 23.6 Å². The number of amides is 1. The van der Waals surface area contributed by atoms with Crippen molar-refractivity contribution < 1.29 is 13.9 Å². The van der Waals surface area contributed by atoms with E-state index in [0.717, 1.165) is 22.4 Å². The number of allylic oxidation sites excluding steroid dienone is 2. The molecule has 0 bridgehead atoms. The van der Waals surface area contributed by atoms with Gasteiger partial charge in [-0.1, -0.05) is 38.1 Å². The Bertz CT molecular complexity index is 1120. The average Bonchev–Trinajstić information content (AvgIpc) is 2.84. The molecule has 0 fully saturated rings. The van der Waals surface area contributed by atoms with Crippen molar-refractivity contribution in [3.8, 4) is 11.5 Å². The maximum Gasteiger partial charge on any atom is 0.251 e. The summed E-state index contributed by atoms with van der Waals surface area (Å²) >= 11 is 0. The summed E-state index contributed by atoms with van der Waals surface area (Å²) in [6.45, 7) is 8.07. The maximum atomic E-state index is 13.0. The Morgan fingerprint density at radius 1 is 1.15 bits per heavy atom. The molecular formula is C27H30FN3O2. The van der Waals surface area contributed by atoms with E-state index in [9.17, 15) is 9.18 Å². The fourth-order valence-corrected chi connectivity index (χ4v) is 3.04. The predicted octanol–water partition coefficient (Wildman–Crippen LogP) is 6.38. The van der Waals surface area contributed by atoms with E-state index in [1.54, 1.807) is 49.8 Å². The zero-order valence-corrected chi connectivity index (χ0v) is 19.7. The number of hydrogen-bond acceptors (Lipinski definition) is 4. The van der Waals surface area contributed by atoms with Crippen molar-refractivity contribution in [3.63, 3.8) is 0 Å². The molecule has 0 atom stereocenters. The summed E-state index contributed by atoms with van der Waals surface area (Å²) in [5.41, 5.74) is 3.69. The van der Waals surface area contributed by atoms with Crippen LogP contribution in [0.1, 0.15) is 48.0 Å². The standard InChI is InChI=1S/C25H24FN3O2.C2H6/c1-4-19(16-27-3)23-14-21(12-13-28-23)31-24-7-5-6-22(17(24)2)25(30)29-15-18-8-10-20(26)11-9-18;1-2/h4-14,16H,15H2,1-3H3,(H,29,30);1-2H3/b19-4+,27-16?;. The number of carbonyl (C=O) groups is 1. The fraction of sp³-hybridized carbons (Fsp3) is 0.222. The smallest absolute Gasteiger partial charge is 0.251 e. The molecule has 0 aliphatic carbocycles. The average molecular weight is 448 g/mol. The van der Waals surface area contributed by atoms with E-state index in [4.69, 9.17) is 4.74 Å². The third-order valence-corrected chi connectivity index (χ3v) is 4.73. The molecule has 0 saturated heterocycles. The van der Waals surface area contributed by atoms with E-state index in [1.807, 2.05) is 45.9 Å². The molecule has 0 radical (unpaired) electrons. The van der Waals surface area contributed by atoms with E-state index in [-0.39, 0.29) is 11.7 Å². The second-order valence-electron chi connectivity index (χ2n) is 6.85. The van der Waals surface area contributed by atoms with Crippen LogP contribution in [0.3, 0.4) is 0 Å². The third-order valence-electron chi connectivity index (χ3n) is 4.73. The van der Waals surface area contributed by atoms with Gasteiger partial charge in [-0.3, -0.25) is 14.8 Å². The molecule has 1 aromatic heterocycles. The van der Waals surface area contributed by atoms with Crippen LogP contribution in [0.25, 0.3) is 5.57 Å². The van der Waals surface area contributed by atoms with Gasteiger partial charge in [-0.2, -0.15) is 0 Å². The molecule has 0 saturated carbocycles. The minimum Gasteiger partial charge on any atom is -0.457 e. The van der Waals surface area contributed by atoms with E-state index >= 15 is 0 Å². The van der Waals surface area contributed by atoms with Gasteiger partial charge in [0.15, 0.2) is 0 Å². The molecule has 0 spiro atoms. The number of nitrogens with zero attached hydrogens (tertiary/aromatic N) is 2. The van der Waals surface area contributed by atoms with Gasteiger partial charge < -0.3 is 10.1 Å². The minimum atomic E-state index is -0.307. The van der Waals surface area contributed by atoms with Crippen LogP contribution < -0.4 is 10.1 Å². The van der Waals surface area contributed by atoms with E-state index in [1.165, 1.54) is 12.1 Å². The molecule has 0 aliphatic rings. The van der Waals surface area contributed by atoms with Gasteiger partial charge in [-0.15, -0.1) is 0 Å². The summed E-state index contributed by atoms with van der Waals surface area (Å²) in [5.74, 6) is 0.662. The second kappa shape index (κ2) is 12.9. The molecule has 3 aromatic rings. The lowest BCUT2D eigenvalue weighted by Crippen LogP contribution is -2.23. The third kappa shape index (κ3) is 7.10. The van der Waals surface area contributed by atoms with Gasteiger partial charge in [0.05, 0.1) is 5.69 Å². The summed E-state index contributed by atoms with van der Waals surface area (Å²) in [7, 11) is 1.71. The van der Waals surface area contributed by atoms with Crippen LogP contribution in [0.5, 0.6) is 11.5 Å². The Morgan fingerprint density at radius 2 is 1.88 bits per heavy atom. The highest BCUT2D eigenvalue weighted by Gasteiger charge is 2.13. The summed E-state index contributed by atoms with van der Waals surface area (Å²) in [6.07, 6.45) is 5.34. The first-order valence-electron chi connectivity index (χ1n) is 10.9. The highest BCUT2D eigenvalue weighted by atomic mass is 19.1. The molecule has 0 unspecified atom stereocenters. The van der Waals surface area contributed by atoms with E-state index in [2.05, 4.69) is 15.3 Å². The number of pyridine rings is 1. The maximum absolute atomic E-state index is 13.0. The SMILES string of the molecule is C/C=C(\C=NC)c1cc(Oc2cccc(C(=O)NCc3ccc(F)cc3)c2C)ccn1.CC. The molecule has 172 valence electrons. The van der Waals surface area contributed by atoms with Gasteiger partial charge in [0.1, 0.15) is 17.3 Å². The highest BCUT2D eigenvalue weighted by molar-refractivity contribution is 6.08. The molecule has 1 N–H and O–H groups in total. The van der Waals surface area contributed by atoms with Crippen molar-refractivity contribution in [2.45, 2.75) is 34.2 Å². The molecule has 1 heterocycles. The van der Waals surface area contributed by atoms with Crippen molar-refractivity contribution in [1.29, 1.82) is 0 Å². The van der Waals surface area contributed by atoms with Crippen molar-refractivity contribution in [2.75, 3.05) is 7.05 Å². The van der Waals surface area contributed by atoms with Gasteiger partial charge in [-0.05, 0) is 49.7 Å². The predicted molar refractivity (Wildman–Crippen MR) is 132 cm³/mol. The van der Waals surface area contributed by atoms with Crippen LogP contribution >= 0.6 is 0 Å². The molecule has 6 heteroatoms. The molecule has 1 amide bonds. The molecule has 5 nitrogen and oxygen atoms in total. The summed E-state index contributed by atoms with van der Waals surface area (Å²) < 4.78 is 19.1. The normalized spacial score (nSPS) is 11.0. The lowest BCUT2D eigenvalue weighted by molar-refractivity contribution is 0.0950. The first-order chi connectivity index (χ1) is 16.0. The van der Waals surface area contributed by atoms with Crippen molar-refractivity contribution in [3.05, 3.63) is 95.1 Å². The number of rotatable bonds is 7. The van der Waals surface area contributed by atoms with Crippen LogP contribution in [0.4, 0.5) is 4.39 Å². The van der Waals surface area contributed by atoms with Gasteiger partial charge in [0, 0.05) is 48.8 Å². The van der Waals surface area contributed by atoms with Crippen LogP contribution in [-0.2, 0) is 6.54 Å². The zero-order valence-electron chi connectivity index (χ0n) is 19.7. The quantitative estimate of drug-likeness (QED) is 0.427. The van der Waals surface area contributed by atoms with Gasteiger partial charge in [-0.25, -0.2) is 4.39 Å². The summed E-state index contributed by atoms with van der Waals surface area (Å²) in [6, 6.07) is 15.0. The van der Waals surface area contributed by atoms with Crippen LogP contribution in [0.15, 0.2) is 71.9 Å². The number of halogens is 1. The Kier molecular flexibility index (Phi) is 9.96. The monoisotopic (exact) mass is 447 g/mol. The Balaban J connectivity index is 0.00000187. The van der Waals surface area contributed by atoms with Crippen molar-refractivity contribution >= 4 is 17.7 Å². The number of carbonyl (C=O) groups excluding carboxylic acids is 1. The summed E-state index contributed by atoms with van der Waals surface area (Å²) in [4.78, 5) is 21.1. The van der Waals surface area contributed by atoms with Gasteiger partial charge >= 0.3 is 0 Å². The van der Waals surface area contributed by atoms with Crippen molar-refractivity contribution in [1.82, 2.24) is 10.3 Å². The first kappa shape index (κ1) is 25.5. The first-order valence-corrected chi connectivity index (χ1v) is 10.9. The van der Waals surface area contributed by atoms with Gasteiger partial charge in [0.2, 0.25) is 0 Å². The lowest BCUT2D eigenvalue weighted by Gasteiger charge is -2.13. The molecule has 33 heavy (non-hydrogen) atoms. The Morgan fingerprint density at radius 3 is 2.55 bits per heavy atom. The van der Waals surface area contributed by atoms with Crippen molar-refractivity contribution in [2.24, 2.45) is 4.99 Å². The lowest BCUT2D eigenvalue weighted by atomic mass is 10.1. The second-order valence-corrected chi connectivity index (χ2v) is 6.85.